The van der Waals surface area contributed by atoms with Crippen LogP contribution in [-0.2, 0) is 4.74 Å². The Labute approximate surface area is 142 Å². The monoisotopic (exact) mass is 325 g/mol. The van der Waals surface area contributed by atoms with Gasteiger partial charge in [0.05, 0.1) is 11.6 Å². The highest BCUT2D eigenvalue weighted by molar-refractivity contribution is 5.95. The van der Waals surface area contributed by atoms with Crippen molar-refractivity contribution in [2.75, 3.05) is 6.61 Å². The minimum Gasteiger partial charge on any atom is -0.460 e. The zero-order chi connectivity index (χ0) is 17.5. The van der Waals surface area contributed by atoms with Crippen molar-refractivity contribution in [3.8, 4) is 0 Å². The first-order valence-electron chi connectivity index (χ1n) is 8.12. The Bertz CT molecular complexity index is 724. The van der Waals surface area contributed by atoms with E-state index in [0.717, 1.165) is 11.1 Å². The van der Waals surface area contributed by atoms with E-state index in [-0.39, 0.29) is 24.5 Å². The standard InChI is InChI=1S/C20H23NO3/c1-4-16(21-19(22)17-11-7-5-9-14(17)2)13-24-20(23)18-12-8-6-10-15(18)3/h5-12,16H,4,13H2,1-3H3,(H,21,22)/t16-/m0/s1. The molecule has 0 unspecified atom stereocenters. The van der Waals surface area contributed by atoms with E-state index in [2.05, 4.69) is 5.32 Å². The van der Waals surface area contributed by atoms with Crippen LogP contribution in [0.4, 0.5) is 0 Å². The second-order valence-electron chi connectivity index (χ2n) is 5.81. The van der Waals surface area contributed by atoms with E-state index in [1.54, 1.807) is 18.2 Å². The number of ether oxygens (including phenoxy) is 1. The fourth-order valence-electron chi connectivity index (χ4n) is 2.41. The molecular weight excluding hydrogens is 302 g/mol. The van der Waals surface area contributed by atoms with Gasteiger partial charge in [0.25, 0.3) is 5.91 Å². The maximum Gasteiger partial charge on any atom is 0.338 e. The first-order valence-corrected chi connectivity index (χ1v) is 8.12. The van der Waals surface area contributed by atoms with E-state index in [1.807, 2.05) is 51.1 Å². The van der Waals surface area contributed by atoms with Crippen molar-refractivity contribution in [1.29, 1.82) is 0 Å². The van der Waals surface area contributed by atoms with Crippen LogP contribution < -0.4 is 5.32 Å². The number of benzene rings is 2. The summed E-state index contributed by atoms with van der Waals surface area (Å²) in [6, 6.07) is 14.5. The van der Waals surface area contributed by atoms with Gasteiger partial charge in [-0.3, -0.25) is 4.79 Å². The summed E-state index contributed by atoms with van der Waals surface area (Å²) in [4.78, 5) is 24.5. The molecule has 0 saturated heterocycles. The molecule has 2 aromatic rings. The highest BCUT2D eigenvalue weighted by Gasteiger charge is 2.17. The average Bonchev–Trinajstić information content (AvgIpc) is 2.58. The summed E-state index contributed by atoms with van der Waals surface area (Å²) >= 11 is 0. The molecule has 2 aromatic carbocycles. The molecule has 0 saturated carbocycles. The third-order valence-electron chi connectivity index (χ3n) is 4.00. The van der Waals surface area contributed by atoms with Crippen molar-refractivity contribution in [3.05, 3.63) is 70.8 Å². The van der Waals surface area contributed by atoms with Gasteiger partial charge in [0.15, 0.2) is 0 Å². The summed E-state index contributed by atoms with van der Waals surface area (Å²) < 4.78 is 5.38. The van der Waals surface area contributed by atoms with Crippen LogP contribution in [0.25, 0.3) is 0 Å². The van der Waals surface area contributed by atoms with Gasteiger partial charge < -0.3 is 10.1 Å². The molecule has 0 radical (unpaired) electrons. The van der Waals surface area contributed by atoms with Gasteiger partial charge >= 0.3 is 5.97 Å². The van der Waals surface area contributed by atoms with E-state index in [9.17, 15) is 9.59 Å². The largest absolute Gasteiger partial charge is 0.460 e. The molecule has 1 amide bonds. The Morgan fingerprint density at radius 1 is 0.958 bits per heavy atom. The number of amides is 1. The van der Waals surface area contributed by atoms with Crippen LogP contribution in [-0.4, -0.2) is 24.5 Å². The summed E-state index contributed by atoms with van der Waals surface area (Å²) in [5.74, 6) is -0.511. The molecule has 0 aliphatic heterocycles. The van der Waals surface area contributed by atoms with Crippen LogP contribution in [0, 0.1) is 13.8 Å². The molecule has 0 spiro atoms. The van der Waals surface area contributed by atoms with Gasteiger partial charge in [-0.25, -0.2) is 4.79 Å². The number of rotatable bonds is 6. The van der Waals surface area contributed by atoms with Crippen LogP contribution in [0.5, 0.6) is 0 Å². The topological polar surface area (TPSA) is 55.4 Å². The second-order valence-corrected chi connectivity index (χ2v) is 5.81. The summed E-state index contributed by atoms with van der Waals surface area (Å²) in [7, 11) is 0. The molecule has 2 rings (SSSR count). The molecule has 24 heavy (non-hydrogen) atoms. The minimum atomic E-state index is -0.364. The van der Waals surface area contributed by atoms with Crippen molar-refractivity contribution < 1.29 is 14.3 Å². The Kier molecular flexibility index (Phi) is 6.13. The van der Waals surface area contributed by atoms with E-state index in [0.29, 0.717) is 17.5 Å². The Hall–Kier alpha value is -2.62. The maximum atomic E-state index is 12.4. The van der Waals surface area contributed by atoms with E-state index < -0.39 is 0 Å². The van der Waals surface area contributed by atoms with Crippen LogP contribution in [0.3, 0.4) is 0 Å². The Morgan fingerprint density at radius 3 is 2.04 bits per heavy atom. The fourth-order valence-corrected chi connectivity index (χ4v) is 2.41. The summed E-state index contributed by atoms with van der Waals surface area (Å²) in [5.41, 5.74) is 2.99. The molecule has 1 atom stereocenters. The molecule has 0 heterocycles. The van der Waals surface area contributed by atoms with Crippen molar-refractivity contribution >= 4 is 11.9 Å². The van der Waals surface area contributed by atoms with Crippen LogP contribution in [0.1, 0.15) is 45.2 Å². The quantitative estimate of drug-likeness (QED) is 0.825. The third kappa shape index (κ3) is 4.44. The normalized spacial score (nSPS) is 11.6. The van der Waals surface area contributed by atoms with Crippen LogP contribution in [0.15, 0.2) is 48.5 Å². The smallest absolute Gasteiger partial charge is 0.338 e. The van der Waals surface area contributed by atoms with Crippen molar-refractivity contribution in [1.82, 2.24) is 5.32 Å². The summed E-state index contributed by atoms with van der Waals surface area (Å²) in [5, 5.41) is 2.93. The molecule has 4 nitrogen and oxygen atoms in total. The Morgan fingerprint density at radius 2 is 1.50 bits per heavy atom. The molecule has 0 bridgehead atoms. The first-order chi connectivity index (χ1) is 11.5. The average molecular weight is 325 g/mol. The van der Waals surface area contributed by atoms with Crippen LogP contribution >= 0.6 is 0 Å². The molecule has 1 N–H and O–H groups in total. The zero-order valence-electron chi connectivity index (χ0n) is 14.3. The fraction of sp³-hybridized carbons (Fsp3) is 0.300. The van der Waals surface area contributed by atoms with E-state index in [1.165, 1.54) is 0 Å². The predicted molar refractivity (Wildman–Crippen MR) is 94.2 cm³/mol. The lowest BCUT2D eigenvalue weighted by atomic mass is 10.1. The lowest BCUT2D eigenvalue weighted by Crippen LogP contribution is -2.38. The number of carbonyl (C=O) groups excluding carboxylic acids is 2. The highest BCUT2D eigenvalue weighted by atomic mass is 16.5. The van der Waals surface area contributed by atoms with Gasteiger partial charge in [0.1, 0.15) is 6.61 Å². The third-order valence-corrected chi connectivity index (χ3v) is 4.00. The number of hydrogen-bond acceptors (Lipinski definition) is 3. The maximum absolute atomic E-state index is 12.4. The molecule has 0 aromatic heterocycles. The molecule has 0 aliphatic rings. The summed E-state index contributed by atoms with van der Waals surface area (Å²) in [6.07, 6.45) is 0.679. The van der Waals surface area contributed by atoms with Gasteiger partial charge in [0.2, 0.25) is 0 Å². The van der Waals surface area contributed by atoms with Gasteiger partial charge in [-0.2, -0.15) is 0 Å². The lowest BCUT2D eigenvalue weighted by molar-refractivity contribution is 0.0453. The number of nitrogens with one attached hydrogen (secondary N) is 1. The molecule has 0 fully saturated rings. The molecule has 0 aliphatic carbocycles. The second kappa shape index (κ2) is 8.29. The molecule has 4 heteroatoms. The number of aryl methyl sites for hydroxylation is 2. The van der Waals surface area contributed by atoms with Crippen molar-refractivity contribution in [2.24, 2.45) is 0 Å². The van der Waals surface area contributed by atoms with Gasteiger partial charge in [-0.1, -0.05) is 43.3 Å². The van der Waals surface area contributed by atoms with Crippen molar-refractivity contribution in [3.63, 3.8) is 0 Å². The van der Waals surface area contributed by atoms with E-state index >= 15 is 0 Å². The SMILES string of the molecule is CC[C@@H](COC(=O)c1ccccc1C)NC(=O)c1ccccc1C. The summed E-state index contributed by atoms with van der Waals surface area (Å²) in [6.45, 7) is 5.87. The Balaban J connectivity index is 1.95. The minimum absolute atomic E-state index is 0.146. The lowest BCUT2D eigenvalue weighted by Gasteiger charge is -2.18. The number of hydrogen-bond donors (Lipinski definition) is 1. The molecule has 126 valence electrons. The number of esters is 1. The van der Waals surface area contributed by atoms with Gasteiger partial charge in [0, 0.05) is 5.56 Å². The van der Waals surface area contributed by atoms with Crippen molar-refractivity contribution in [2.45, 2.75) is 33.2 Å². The molecular formula is C20H23NO3. The van der Waals surface area contributed by atoms with Gasteiger partial charge in [-0.15, -0.1) is 0 Å². The number of carbonyl (C=O) groups is 2. The highest BCUT2D eigenvalue weighted by Crippen LogP contribution is 2.10. The van der Waals surface area contributed by atoms with Gasteiger partial charge in [-0.05, 0) is 43.5 Å². The van der Waals surface area contributed by atoms with E-state index in [4.69, 9.17) is 4.74 Å². The first kappa shape index (κ1) is 17.7. The predicted octanol–water partition coefficient (Wildman–Crippen LogP) is 3.67. The van der Waals surface area contributed by atoms with Crippen LogP contribution in [0.2, 0.25) is 0 Å². The zero-order valence-corrected chi connectivity index (χ0v) is 14.3.